The molecule has 5 nitrogen and oxygen atoms in total. The Hall–Kier alpha value is -1.26. The van der Waals surface area contributed by atoms with Crippen LogP contribution in [0, 0.1) is 0 Å². The van der Waals surface area contributed by atoms with E-state index in [9.17, 15) is 14.7 Å². The van der Waals surface area contributed by atoms with Crippen molar-refractivity contribution in [2.24, 2.45) is 0 Å². The molecule has 20 heavy (non-hydrogen) atoms. The molecule has 0 aromatic heterocycles. The average Bonchev–Trinajstić information content (AvgIpc) is 3.05. The summed E-state index contributed by atoms with van der Waals surface area (Å²) in [4.78, 5) is 28.1. The molecule has 5 heteroatoms. The van der Waals surface area contributed by atoms with E-state index in [-0.39, 0.29) is 12.1 Å². The van der Waals surface area contributed by atoms with E-state index in [1.54, 1.807) is 4.90 Å². The molecule has 0 aromatic carbocycles. The lowest BCUT2D eigenvalue weighted by Crippen LogP contribution is -2.57. The highest BCUT2D eigenvalue weighted by Gasteiger charge is 2.50. The van der Waals surface area contributed by atoms with Crippen LogP contribution in [0.3, 0.4) is 0 Å². The monoisotopic (exact) mass is 282 g/mol. The Morgan fingerprint density at radius 1 is 1.25 bits per heavy atom. The fraction of sp³-hybridized carbons (Fsp3) is 0.867. The van der Waals surface area contributed by atoms with Crippen LogP contribution in [-0.2, 0) is 4.79 Å². The molecule has 114 valence electrons. The molecule has 1 N–H and O–H groups in total. The number of carboxylic acid groups (broad SMARTS) is 1. The molecule has 2 saturated heterocycles. The third-order valence-corrected chi connectivity index (χ3v) is 4.88. The first-order chi connectivity index (χ1) is 9.56. The smallest absolute Gasteiger partial charge is 0.329 e. The standard InChI is InChI=1S/C15H26N2O3/c1-3-8-15(13(18)19)9-6-11-17(15)14(20)16-10-5-7-12(16)4-2/h12H,3-11H2,1-2H3,(H,18,19). The molecule has 2 rings (SSSR count). The van der Waals surface area contributed by atoms with Gasteiger partial charge in [0, 0.05) is 19.1 Å². The summed E-state index contributed by atoms with van der Waals surface area (Å²) in [5, 5.41) is 9.67. The fourth-order valence-corrected chi connectivity index (χ4v) is 3.83. The van der Waals surface area contributed by atoms with E-state index in [1.165, 1.54) is 0 Å². The number of amides is 2. The zero-order valence-electron chi connectivity index (χ0n) is 12.6. The molecule has 2 fully saturated rings. The lowest BCUT2D eigenvalue weighted by Gasteiger charge is -2.38. The van der Waals surface area contributed by atoms with Crippen molar-refractivity contribution in [2.45, 2.75) is 70.4 Å². The van der Waals surface area contributed by atoms with Crippen molar-refractivity contribution >= 4 is 12.0 Å². The van der Waals surface area contributed by atoms with Crippen molar-refractivity contribution in [1.29, 1.82) is 0 Å². The molecule has 0 spiro atoms. The molecule has 2 aliphatic heterocycles. The van der Waals surface area contributed by atoms with Gasteiger partial charge in [0.05, 0.1) is 0 Å². The molecule has 2 aliphatic rings. The Morgan fingerprint density at radius 2 is 2.00 bits per heavy atom. The maximum Gasteiger partial charge on any atom is 0.329 e. The second kappa shape index (κ2) is 6.02. The number of nitrogens with zero attached hydrogens (tertiary/aromatic N) is 2. The molecule has 2 heterocycles. The van der Waals surface area contributed by atoms with Crippen molar-refractivity contribution in [1.82, 2.24) is 9.80 Å². The van der Waals surface area contributed by atoms with Crippen LogP contribution in [0.4, 0.5) is 4.79 Å². The minimum atomic E-state index is -0.966. The molecule has 0 radical (unpaired) electrons. The first-order valence-electron chi connectivity index (χ1n) is 7.88. The highest BCUT2D eigenvalue weighted by atomic mass is 16.4. The molecule has 0 bridgehead atoms. The number of carboxylic acids is 1. The Morgan fingerprint density at radius 3 is 2.60 bits per heavy atom. The minimum absolute atomic E-state index is 0.0531. The number of aliphatic carboxylic acids is 1. The SMILES string of the molecule is CCCC1(C(=O)O)CCCN1C(=O)N1CCCC1CC. The van der Waals surface area contributed by atoms with Gasteiger partial charge in [0.25, 0.3) is 0 Å². The van der Waals surface area contributed by atoms with Crippen molar-refractivity contribution < 1.29 is 14.7 Å². The summed E-state index contributed by atoms with van der Waals surface area (Å²) in [6, 6.07) is 0.235. The summed E-state index contributed by atoms with van der Waals surface area (Å²) in [6.07, 6.45) is 5.75. The number of hydrogen-bond acceptors (Lipinski definition) is 2. The van der Waals surface area contributed by atoms with E-state index < -0.39 is 11.5 Å². The van der Waals surface area contributed by atoms with Gasteiger partial charge in [-0.25, -0.2) is 9.59 Å². The summed E-state index contributed by atoms with van der Waals surface area (Å²) in [5.74, 6) is -0.836. The Kier molecular flexibility index (Phi) is 4.55. The summed E-state index contributed by atoms with van der Waals surface area (Å²) >= 11 is 0. The first kappa shape index (κ1) is 15.1. The van der Waals surface area contributed by atoms with E-state index in [0.29, 0.717) is 19.4 Å². The van der Waals surface area contributed by atoms with Crippen LogP contribution in [0.2, 0.25) is 0 Å². The van der Waals surface area contributed by atoms with Crippen molar-refractivity contribution in [3.8, 4) is 0 Å². The number of urea groups is 1. The lowest BCUT2D eigenvalue weighted by atomic mass is 9.91. The quantitative estimate of drug-likeness (QED) is 0.862. The summed E-state index contributed by atoms with van der Waals surface area (Å²) in [7, 11) is 0. The Bertz CT molecular complexity index is 385. The van der Waals surface area contributed by atoms with Gasteiger partial charge in [0.15, 0.2) is 0 Å². The lowest BCUT2D eigenvalue weighted by molar-refractivity contribution is -0.149. The Balaban J connectivity index is 2.21. The third-order valence-electron chi connectivity index (χ3n) is 4.88. The summed E-state index contributed by atoms with van der Waals surface area (Å²) in [6.45, 7) is 5.43. The fourth-order valence-electron chi connectivity index (χ4n) is 3.83. The van der Waals surface area contributed by atoms with Gasteiger partial charge in [-0.2, -0.15) is 0 Å². The predicted molar refractivity (Wildman–Crippen MR) is 76.6 cm³/mol. The highest BCUT2D eigenvalue weighted by molar-refractivity contribution is 5.87. The van der Waals surface area contributed by atoms with Crippen LogP contribution >= 0.6 is 0 Å². The van der Waals surface area contributed by atoms with Gasteiger partial charge in [-0.15, -0.1) is 0 Å². The predicted octanol–water partition coefficient (Wildman–Crippen LogP) is 2.70. The maximum absolute atomic E-state index is 12.8. The topological polar surface area (TPSA) is 60.9 Å². The number of carbonyl (C=O) groups excluding carboxylic acids is 1. The van der Waals surface area contributed by atoms with Gasteiger partial charge in [0.1, 0.15) is 5.54 Å². The molecule has 0 aliphatic carbocycles. The van der Waals surface area contributed by atoms with Crippen molar-refractivity contribution in [3.63, 3.8) is 0 Å². The highest BCUT2D eigenvalue weighted by Crippen LogP contribution is 2.36. The van der Waals surface area contributed by atoms with Gasteiger partial charge >= 0.3 is 12.0 Å². The zero-order chi connectivity index (χ0) is 14.8. The number of carbonyl (C=O) groups is 2. The van der Waals surface area contributed by atoms with Gasteiger partial charge in [-0.05, 0) is 38.5 Å². The van der Waals surface area contributed by atoms with Crippen LogP contribution in [0.1, 0.15) is 58.8 Å². The van der Waals surface area contributed by atoms with E-state index in [4.69, 9.17) is 0 Å². The summed E-state index contributed by atoms with van der Waals surface area (Å²) in [5.41, 5.74) is -0.966. The van der Waals surface area contributed by atoms with E-state index in [0.717, 1.165) is 38.6 Å². The number of rotatable bonds is 4. The largest absolute Gasteiger partial charge is 0.479 e. The molecule has 0 aromatic rings. The molecule has 2 atom stereocenters. The molecule has 0 saturated carbocycles. The number of likely N-dealkylation sites (tertiary alicyclic amines) is 2. The van der Waals surface area contributed by atoms with Crippen LogP contribution < -0.4 is 0 Å². The maximum atomic E-state index is 12.8. The molecular formula is C15H26N2O3. The van der Waals surface area contributed by atoms with Crippen LogP contribution in [0.15, 0.2) is 0 Å². The summed E-state index contributed by atoms with van der Waals surface area (Å²) < 4.78 is 0. The van der Waals surface area contributed by atoms with E-state index >= 15 is 0 Å². The minimum Gasteiger partial charge on any atom is -0.479 e. The van der Waals surface area contributed by atoms with Gasteiger partial charge in [0.2, 0.25) is 0 Å². The molecular weight excluding hydrogens is 256 g/mol. The second-order valence-corrected chi connectivity index (χ2v) is 6.02. The average molecular weight is 282 g/mol. The third kappa shape index (κ3) is 2.38. The Labute approximate surface area is 120 Å². The second-order valence-electron chi connectivity index (χ2n) is 6.02. The van der Waals surface area contributed by atoms with Gasteiger partial charge in [-0.3, -0.25) is 0 Å². The van der Waals surface area contributed by atoms with Crippen molar-refractivity contribution in [3.05, 3.63) is 0 Å². The first-order valence-corrected chi connectivity index (χ1v) is 7.88. The van der Waals surface area contributed by atoms with E-state index in [2.05, 4.69) is 6.92 Å². The van der Waals surface area contributed by atoms with Crippen LogP contribution in [-0.4, -0.2) is 51.6 Å². The van der Waals surface area contributed by atoms with Crippen molar-refractivity contribution in [2.75, 3.05) is 13.1 Å². The van der Waals surface area contributed by atoms with Gasteiger partial charge in [-0.1, -0.05) is 20.3 Å². The number of hydrogen-bond donors (Lipinski definition) is 1. The zero-order valence-corrected chi connectivity index (χ0v) is 12.6. The van der Waals surface area contributed by atoms with Gasteiger partial charge < -0.3 is 14.9 Å². The molecule has 2 unspecified atom stereocenters. The normalized spacial score (nSPS) is 30.0. The molecule has 2 amide bonds. The van der Waals surface area contributed by atoms with E-state index in [1.807, 2.05) is 11.8 Å². The van der Waals surface area contributed by atoms with Crippen LogP contribution in [0.25, 0.3) is 0 Å². The van der Waals surface area contributed by atoms with Crippen LogP contribution in [0.5, 0.6) is 0 Å².